The standard InChI is InChI=1S/C27H31ClN2O2/c1-19(26(32)29-27(2,3)4)30(18-20-9-7-13-23(28)17-20)25(31)16-15-22-12-8-11-21-10-5-6-14-24(21)22/h5-14,17,19H,15-16,18H2,1-4H3,(H,29,32)/t19-/m0/s1. The highest BCUT2D eigenvalue weighted by atomic mass is 35.5. The minimum absolute atomic E-state index is 0.0607. The fourth-order valence-electron chi connectivity index (χ4n) is 3.78. The summed E-state index contributed by atoms with van der Waals surface area (Å²) in [5.74, 6) is -0.229. The lowest BCUT2D eigenvalue weighted by atomic mass is 10.0. The van der Waals surface area contributed by atoms with Crippen LogP contribution in [0.1, 0.15) is 45.2 Å². The third-order valence-corrected chi connectivity index (χ3v) is 5.63. The molecule has 0 aliphatic carbocycles. The normalized spacial score (nSPS) is 12.4. The molecule has 0 fully saturated rings. The molecule has 32 heavy (non-hydrogen) atoms. The molecule has 3 rings (SSSR count). The predicted molar refractivity (Wildman–Crippen MR) is 132 cm³/mol. The largest absolute Gasteiger partial charge is 0.350 e. The summed E-state index contributed by atoms with van der Waals surface area (Å²) in [7, 11) is 0. The lowest BCUT2D eigenvalue weighted by Crippen LogP contribution is -2.52. The molecule has 0 saturated carbocycles. The van der Waals surface area contributed by atoms with Gasteiger partial charge < -0.3 is 10.2 Å². The maximum atomic E-state index is 13.4. The lowest BCUT2D eigenvalue weighted by molar-refractivity contribution is -0.141. The van der Waals surface area contributed by atoms with E-state index < -0.39 is 6.04 Å². The number of amides is 2. The van der Waals surface area contributed by atoms with E-state index in [-0.39, 0.29) is 17.4 Å². The first-order valence-corrected chi connectivity index (χ1v) is 11.3. The van der Waals surface area contributed by atoms with Crippen molar-refractivity contribution in [2.75, 3.05) is 0 Å². The SMILES string of the molecule is C[C@@H](C(=O)NC(C)(C)C)N(Cc1cccc(Cl)c1)C(=O)CCc1cccc2ccccc12. The molecule has 3 aromatic carbocycles. The summed E-state index contributed by atoms with van der Waals surface area (Å²) in [6, 6.07) is 21.1. The van der Waals surface area contributed by atoms with Crippen molar-refractivity contribution in [2.45, 2.75) is 58.7 Å². The topological polar surface area (TPSA) is 49.4 Å². The van der Waals surface area contributed by atoms with Crippen molar-refractivity contribution in [2.24, 2.45) is 0 Å². The molecule has 3 aromatic rings. The zero-order valence-corrected chi connectivity index (χ0v) is 19.9. The zero-order chi connectivity index (χ0) is 23.3. The molecule has 0 spiro atoms. The van der Waals surface area contributed by atoms with Crippen molar-refractivity contribution in [3.63, 3.8) is 0 Å². The number of nitrogens with one attached hydrogen (secondary N) is 1. The summed E-state index contributed by atoms with van der Waals surface area (Å²) in [6.45, 7) is 7.90. The Labute approximate surface area is 195 Å². The maximum absolute atomic E-state index is 13.4. The molecule has 1 N–H and O–H groups in total. The smallest absolute Gasteiger partial charge is 0.242 e. The highest BCUT2D eigenvalue weighted by Gasteiger charge is 2.28. The molecule has 0 aliphatic heterocycles. The molecular formula is C27H31ClN2O2. The monoisotopic (exact) mass is 450 g/mol. The Morgan fingerprint density at radius 3 is 2.41 bits per heavy atom. The molecule has 0 aromatic heterocycles. The number of hydrogen-bond acceptors (Lipinski definition) is 2. The van der Waals surface area contributed by atoms with E-state index in [0.29, 0.717) is 24.4 Å². The summed E-state index contributed by atoms with van der Waals surface area (Å²) in [5, 5.41) is 5.91. The number of rotatable bonds is 7. The van der Waals surface area contributed by atoms with Gasteiger partial charge in [-0.3, -0.25) is 9.59 Å². The third-order valence-electron chi connectivity index (χ3n) is 5.40. The summed E-state index contributed by atoms with van der Waals surface area (Å²) >= 11 is 6.15. The van der Waals surface area contributed by atoms with E-state index in [4.69, 9.17) is 11.6 Å². The Balaban J connectivity index is 1.81. The van der Waals surface area contributed by atoms with Crippen LogP contribution in [-0.2, 0) is 22.6 Å². The molecule has 0 aliphatic rings. The Morgan fingerprint density at radius 2 is 1.69 bits per heavy atom. The Bertz CT molecular complexity index is 1100. The Morgan fingerprint density at radius 1 is 1.00 bits per heavy atom. The average Bonchev–Trinajstić information content (AvgIpc) is 2.74. The van der Waals surface area contributed by atoms with Gasteiger partial charge in [0, 0.05) is 23.5 Å². The van der Waals surface area contributed by atoms with Crippen LogP contribution in [0.15, 0.2) is 66.7 Å². The van der Waals surface area contributed by atoms with Gasteiger partial charge in [-0.2, -0.15) is 0 Å². The molecule has 0 heterocycles. The minimum atomic E-state index is -0.603. The van der Waals surface area contributed by atoms with Crippen LogP contribution in [0.25, 0.3) is 10.8 Å². The van der Waals surface area contributed by atoms with Crippen molar-refractivity contribution in [1.82, 2.24) is 10.2 Å². The van der Waals surface area contributed by atoms with Gasteiger partial charge in [0.15, 0.2) is 0 Å². The molecule has 0 bridgehead atoms. The van der Waals surface area contributed by atoms with Crippen LogP contribution in [0.5, 0.6) is 0 Å². The molecule has 5 heteroatoms. The van der Waals surface area contributed by atoms with E-state index in [1.54, 1.807) is 17.9 Å². The van der Waals surface area contributed by atoms with Gasteiger partial charge in [-0.1, -0.05) is 66.2 Å². The van der Waals surface area contributed by atoms with Gasteiger partial charge >= 0.3 is 0 Å². The van der Waals surface area contributed by atoms with E-state index in [2.05, 4.69) is 29.6 Å². The second-order valence-electron chi connectivity index (χ2n) is 9.21. The molecule has 1 atom stereocenters. The highest BCUT2D eigenvalue weighted by Crippen LogP contribution is 2.21. The average molecular weight is 451 g/mol. The van der Waals surface area contributed by atoms with E-state index in [1.807, 2.05) is 57.2 Å². The van der Waals surface area contributed by atoms with E-state index in [0.717, 1.165) is 21.9 Å². The fraction of sp³-hybridized carbons (Fsp3) is 0.333. The quantitative estimate of drug-likeness (QED) is 0.497. The van der Waals surface area contributed by atoms with E-state index in [9.17, 15) is 9.59 Å². The summed E-state index contributed by atoms with van der Waals surface area (Å²) in [5.41, 5.74) is 1.65. The van der Waals surface area contributed by atoms with Crippen LogP contribution in [-0.4, -0.2) is 28.3 Å². The zero-order valence-electron chi connectivity index (χ0n) is 19.2. The first-order chi connectivity index (χ1) is 15.1. The van der Waals surface area contributed by atoms with Crippen LogP contribution >= 0.6 is 11.6 Å². The molecule has 0 unspecified atom stereocenters. The number of carbonyl (C=O) groups is 2. The van der Waals surface area contributed by atoms with Gasteiger partial charge in [-0.05, 0) is 68.1 Å². The van der Waals surface area contributed by atoms with Gasteiger partial charge in [-0.25, -0.2) is 0 Å². The Hall–Kier alpha value is -2.85. The van der Waals surface area contributed by atoms with Crippen molar-refractivity contribution < 1.29 is 9.59 Å². The first kappa shape index (κ1) is 23.8. The number of carbonyl (C=O) groups excluding carboxylic acids is 2. The number of benzene rings is 3. The first-order valence-electron chi connectivity index (χ1n) is 11.0. The van der Waals surface area contributed by atoms with Crippen molar-refractivity contribution >= 4 is 34.2 Å². The molecule has 168 valence electrons. The van der Waals surface area contributed by atoms with Gasteiger partial charge in [0.2, 0.25) is 11.8 Å². The number of halogens is 1. The molecule has 0 radical (unpaired) electrons. The molecular weight excluding hydrogens is 420 g/mol. The van der Waals surface area contributed by atoms with Crippen LogP contribution in [0, 0.1) is 0 Å². The van der Waals surface area contributed by atoms with Crippen LogP contribution in [0.2, 0.25) is 5.02 Å². The number of aryl methyl sites for hydroxylation is 1. The van der Waals surface area contributed by atoms with Gasteiger partial charge in [0.25, 0.3) is 0 Å². The van der Waals surface area contributed by atoms with E-state index >= 15 is 0 Å². The number of fused-ring (bicyclic) bond motifs is 1. The molecule has 2 amide bonds. The van der Waals surface area contributed by atoms with Crippen LogP contribution < -0.4 is 5.32 Å². The van der Waals surface area contributed by atoms with Crippen molar-refractivity contribution in [3.05, 3.63) is 82.9 Å². The second-order valence-corrected chi connectivity index (χ2v) is 9.64. The van der Waals surface area contributed by atoms with Crippen molar-refractivity contribution in [1.29, 1.82) is 0 Å². The fourth-order valence-corrected chi connectivity index (χ4v) is 4.00. The summed E-state index contributed by atoms with van der Waals surface area (Å²) < 4.78 is 0. The lowest BCUT2D eigenvalue weighted by Gasteiger charge is -2.31. The summed E-state index contributed by atoms with van der Waals surface area (Å²) in [4.78, 5) is 27.9. The Kier molecular flexibility index (Phi) is 7.57. The van der Waals surface area contributed by atoms with E-state index in [1.165, 1.54) is 0 Å². The number of nitrogens with zero attached hydrogens (tertiary/aromatic N) is 1. The van der Waals surface area contributed by atoms with Crippen LogP contribution in [0.3, 0.4) is 0 Å². The third kappa shape index (κ3) is 6.33. The molecule has 4 nitrogen and oxygen atoms in total. The van der Waals surface area contributed by atoms with Gasteiger partial charge in [-0.15, -0.1) is 0 Å². The van der Waals surface area contributed by atoms with Gasteiger partial charge in [0.1, 0.15) is 6.04 Å². The minimum Gasteiger partial charge on any atom is -0.350 e. The van der Waals surface area contributed by atoms with Gasteiger partial charge in [0.05, 0.1) is 0 Å². The van der Waals surface area contributed by atoms with Crippen molar-refractivity contribution in [3.8, 4) is 0 Å². The number of hydrogen-bond donors (Lipinski definition) is 1. The van der Waals surface area contributed by atoms with Crippen LogP contribution in [0.4, 0.5) is 0 Å². The highest BCUT2D eigenvalue weighted by molar-refractivity contribution is 6.30. The predicted octanol–water partition coefficient (Wildman–Crippen LogP) is 5.76. The molecule has 0 saturated heterocycles. The second kappa shape index (κ2) is 10.2. The summed E-state index contributed by atoms with van der Waals surface area (Å²) in [6.07, 6.45) is 0.932. The maximum Gasteiger partial charge on any atom is 0.242 e.